The van der Waals surface area contributed by atoms with Crippen LogP contribution in [0, 0.1) is 11.8 Å². The summed E-state index contributed by atoms with van der Waals surface area (Å²) in [5.74, 6) is -2.58. The van der Waals surface area contributed by atoms with Gasteiger partial charge in [0.1, 0.15) is 36.4 Å². The molecule has 2 unspecified atom stereocenters. The number of carboxylic acids is 1. The van der Waals surface area contributed by atoms with Gasteiger partial charge in [-0.2, -0.15) is 11.8 Å². The molecule has 4 N–H and O–H groups in total. The summed E-state index contributed by atoms with van der Waals surface area (Å²) in [4.78, 5) is 84.8. The van der Waals surface area contributed by atoms with Gasteiger partial charge < -0.3 is 49.5 Å². The maximum atomic E-state index is 12.5. The van der Waals surface area contributed by atoms with E-state index in [1.807, 2.05) is 46.4 Å². The van der Waals surface area contributed by atoms with Gasteiger partial charge >= 0.3 is 17.9 Å². The lowest BCUT2D eigenvalue weighted by atomic mass is 9.98. The summed E-state index contributed by atoms with van der Waals surface area (Å²) in [5, 5.41) is 17.4. The van der Waals surface area contributed by atoms with E-state index < -0.39 is 60.0 Å². The van der Waals surface area contributed by atoms with Crippen molar-refractivity contribution >= 4 is 53.2 Å². The van der Waals surface area contributed by atoms with E-state index in [0.29, 0.717) is 72.0 Å². The van der Waals surface area contributed by atoms with Gasteiger partial charge in [-0.15, -0.1) is 0 Å². The van der Waals surface area contributed by atoms with Crippen LogP contribution in [0.3, 0.4) is 0 Å². The highest BCUT2D eigenvalue weighted by atomic mass is 32.2. The van der Waals surface area contributed by atoms with Crippen LogP contribution < -0.4 is 16.0 Å². The first-order chi connectivity index (χ1) is 30.2. The number of thioether (sulfide) groups is 1. The second-order valence-corrected chi connectivity index (χ2v) is 19.2. The second-order valence-electron chi connectivity index (χ2n) is 18.0. The molecule has 0 fully saturated rings. The van der Waals surface area contributed by atoms with Crippen LogP contribution in [0.25, 0.3) is 0 Å². The first kappa shape index (κ1) is 60.7. The number of hydrogen-bond acceptors (Lipinski definition) is 14. The molecular weight excluding hydrogens is 851 g/mol. The van der Waals surface area contributed by atoms with Crippen LogP contribution in [0.5, 0.6) is 0 Å². The molecule has 0 bridgehead atoms. The van der Waals surface area contributed by atoms with Crippen LogP contribution in [0.15, 0.2) is 0 Å². The third-order valence-corrected chi connectivity index (χ3v) is 10.2. The highest BCUT2D eigenvalue weighted by Gasteiger charge is 2.32. The molecular formula is C46H83N3O14S. The molecule has 0 aromatic heterocycles. The zero-order chi connectivity index (χ0) is 48.2. The van der Waals surface area contributed by atoms with Crippen molar-refractivity contribution in [2.75, 3.05) is 77.5 Å². The molecule has 17 nitrogen and oxygen atoms in total. The lowest BCUT2D eigenvalue weighted by Crippen LogP contribution is -2.47. The molecule has 372 valence electrons. The summed E-state index contributed by atoms with van der Waals surface area (Å²) in [5.41, 5.74) is -1.43. The SMILES string of the molecule is CC(C)C(NC(=O)CCCCCCCSCCCCCC(=O)NCCCOCCOCCOCCCNC(=O)COCC(=O)C(CCC(=O)O)C(=O)OC(C)(C)C)C(=O)OC(C)(C)C. The van der Waals surface area contributed by atoms with Gasteiger partial charge in [-0.25, -0.2) is 4.79 Å². The van der Waals surface area contributed by atoms with Crippen molar-refractivity contribution in [1.29, 1.82) is 0 Å². The quantitative estimate of drug-likeness (QED) is 0.0334. The van der Waals surface area contributed by atoms with E-state index in [0.717, 1.165) is 69.3 Å². The zero-order valence-electron chi connectivity index (χ0n) is 40.3. The molecule has 0 aromatic rings. The number of aliphatic carboxylic acids is 1. The van der Waals surface area contributed by atoms with Crippen LogP contribution in [0.4, 0.5) is 0 Å². The fourth-order valence-electron chi connectivity index (χ4n) is 5.78. The molecule has 0 aliphatic heterocycles. The predicted octanol–water partition coefficient (Wildman–Crippen LogP) is 5.57. The summed E-state index contributed by atoms with van der Waals surface area (Å²) in [6.07, 6.45) is 9.83. The molecule has 0 aliphatic rings. The van der Waals surface area contributed by atoms with Crippen molar-refractivity contribution in [2.45, 2.75) is 163 Å². The summed E-state index contributed by atoms with van der Waals surface area (Å²) in [7, 11) is 0. The number of unbranched alkanes of at least 4 members (excludes halogenated alkanes) is 6. The van der Waals surface area contributed by atoms with Crippen molar-refractivity contribution in [2.24, 2.45) is 11.8 Å². The fraction of sp³-hybridized carbons (Fsp3) is 0.848. The van der Waals surface area contributed by atoms with Crippen LogP contribution in [0.1, 0.15) is 145 Å². The Morgan fingerprint density at radius 2 is 1.00 bits per heavy atom. The Balaban J connectivity index is 3.62. The molecule has 64 heavy (non-hydrogen) atoms. The van der Waals surface area contributed by atoms with Crippen molar-refractivity contribution in [3.05, 3.63) is 0 Å². The lowest BCUT2D eigenvalue weighted by molar-refractivity contribution is -0.163. The standard InChI is InChI=1S/C46H83N3O14S/c1-35(2)42(44(57)63-46(6,7)8)49-39(52)20-13-10-9-11-15-31-64-32-16-12-14-19-38(51)47-23-17-25-58-27-29-60-30-28-59-26-18-24-48-40(53)34-61-33-37(50)36(21-22-41(54)55)43(56)62-45(3,4)5/h35-36,42H,9-34H2,1-8H3,(H,47,51)(H,48,53)(H,49,52)(H,54,55). The van der Waals surface area contributed by atoms with Gasteiger partial charge in [0.25, 0.3) is 0 Å². The van der Waals surface area contributed by atoms with E-state index in [2.05, 4.69) is 16.0 Å². The van der Waals surface area contributed by atoms with E-state index >= 15 is 0 Å². The number of Topliss-reactive ketones (excluding diaryl/α,β-unsaturated/α-hetero) is 1. The van der Waals surface area contributed by atoms with E-state index in [1.165, 1.54) is 0 Å². The van der Waals surface area contributed by atoms with Crippen LogP contribution in [0.2, 0.25) is 0 Å². The summed E-state index contributed by atoms with van der Waals surface area (Å²) in [6, 6.07) is -0.627. The van der Waals surface area contributed by atoms with Gasteiger partial charge in [0.2, 0.25) is 17.7 Å². The smallest absolute Gasteiger partial charge is 0.329 e. The molecule has 3 amide bonds. The van der Waals surface area contributed by atoms with Crippen LogP contribution in [-0.2, 0) is 62.0 Å². The molecule has 2 atom stereocenters. The van der Waals surface area contributed by atoms with Gasteiger partial charge in [-0.05, 0) is 104 Å². The number of amides is 3. The predicted molar refractivity (Wildman–Crippen MR) is 246 cm³/mol. The number of ketones is 1. The molecule has 0 radical (unpaired) electrons. The normalized spacial score (nSPS) is 12.6. The minimum Gasteiger partial charge on any atom is -0.481 e. The lowest BCUT2D eigenvalue weighted by Gasteiger charge is -2.26. The number of carboxylic acid groups (broad SMARTS) is 1. The minimum absolute atomic E-state index is 0.0419. The van der Waals surface area contributed by atoms with Gasteiger partial charge in [-0.3, -0.25) is 28.8 Å². The van der Waals surface area contributed by atoms with Crippen molar-refractivity contribution in [1.82, 2.24) is 16.0 Å². The number of esters is 2. The first-order valence-electron chi connectivity index (χ1n) is 23.1. The molecule has 0 saturated heterocycles. The highest BCUT2D eigenvalue weighted by molar-refractivity contribution is 7.99. The Labute approximate surface area is 387 Å². The van der Waals surface area contributed by atoms with Gasteiger partial charge in [0, 0.05) is 45.6 Å². The molecule has 0 aliphatic carbocycles. The van der Waals surface area contributed by atoms with E-state index in [1.54, 1.807) is 20.8 Å². The Morgan fingerprint density at radius 3 is 1.53 bits per heavy atom. The fourth-order valence-corrected chi connectivity index (χ4v) is 6.80. The molecule has 0 aromatic carbocycles. The number of nitrogens with one attached hydrogen (secondary N) is 3. The largest absolute Gasteiger partial charge is 0.481 e. The molecule has 18 heteroatoms. The number of carbonyl (C=O) groups excluding carboxylic acids is 6. The second kappa shape index (κ2) is 36.8. The van der Waals surface area contributed by atoms with Crippen LogP contribution >= 0.6 is 11.8 Å². The Kier molecular flexibility index (Phi) is 34.9. The highest BCUT2D eigenvalue weighted by Crippen LogP contribution is 2.18. The molecule has 0 spiro atoms. The third-order valence-electron chi connectivity index (χ3n) is 9.05. The van der Waals surface area contributed by atoms with Crippen molar-refractivity contribution in [3.8, 4) is 0 Å². The third kappa shape index (κ3) is 38.0. The molecule has 0 saturated carbocycles. The van der Waals surface area contributed by atoms with E-state index in [-0.39, 0.29) is 36.5 Å². The Morgan fingerprint density at radius 1 is 0.531 bits per heavy atom. The molecule has 0 rings (SSSR count). The zero-order valence-corrected chi connectivity index (χ0v) is 41.1. The average molecular weight is 934 g/mol. The number of hydrogen-bond donors (Lipinski definition) is 4. The number of ether oxygens (including phenoxy) is 6. The monoisotopic (exact) mass is 934 g/mol. The van der Waals surface area contributed by atoms with Gasteiger partial charge in [0.15, 0.2) is 5.78 Å². The average Bonchev–Trinajstić information content (AvgIpc) is 3.18. The first-order valence-corrected chi connectivity index (χ1v) is 24.3. The van der Waals surface area contributed by atoms with Crippen molar-refractivity contribution in [3.63, 3.8) is 0 Å². The Hall–Kier alpha value is -3.32. The maximum Gasteiger partial charge on any atom is 0.329 e. The molecule has 0 heterocycles. The summed E-state index contributed by atoms with van der Waals surface area (Å²) >= 11 is 1.96. The van der Waals surface area contributed by atoms with Crippen LogP contribution in [-0.4, -0.2) is 141 Å². The summed E-state index contributed by atoms with van der Waals surface area (Å²) < 4.78 is 32.4. The van der Waals surface area contributed by atoms with Gasteiger partial charge in [-0.1, -0.05) is 39.5 Å². The number of carbonyl (C=O) groups is 7. The summed E-state index contributed by atoms with van der Waals surface area (Å²) in [6.45, 7) is 16.8. The maximum absolute atomic E-state index is 12.5. The van der Waals surface area contributed by atoms with Crippen molar-refractivity contribution < 1.29 is 67.1 Å². The Bertz CT molecular complexity index is 1340. The minimum atomic E-state index is -1.29. The van der Waals surface area contributed by atoms with Gasteiger partial charge in [0.05, 0.1) is 26.4 Å². The van der Waals surface area contributed by atoms with E-state index in [4.69, 9.17) is 33.5 Å². The topological polar surface area (TPSA) is 231 Å². The number of rotatable bonds is 40. The van der Waals surface area contributed by atoms with E-state index in [9.17, 15) is 33.6 Å².